The zero-order valence-corrected chi connectivity index (χ0v) is 10.2. The van der Waals surface area contributed by atoms with E-state index in [1.807, 2.05) is 6.08 Å². The highest BCUT2D eigenvalue weighted by Crippen LogP contribution is 2.42. The summed E-state index contributed by atoms with van der Waals surface area (Å²) < 4.78 is 0. The lowest BCUT2D eigenvalue weighted by molar-refractivity contribution is 0.139. The van der Waals surface area contributed by atoms with Crippen LogP contribution in [0.5, 0.6) is 0 Å². The first-order valence-electron chi connectivity index (χ1n) is 5.79. The molecule has 1 saturated carbocycles. The van der Waals surface area contributed by atoms with Crippen molar-refractivity contribution in [3.63, 3.8) is 0 Å². The van der Waals surface area contributed by atoms with Crippen molar-refractivity contribution in [1.29, 1.82) is 0 Å². The molecular formula is C13H23NO. The van der Waals surface area contributed by atoms with E-state index in [-0.39, 0.29) is 0 Å². The van der Waals surface area contributed by atoms with E-state index in [1.165, 1.54) is 0 Å². The Morgan fingerprint density at radius 1 is 1.53 bits per heavy atom. The number of allylic oxidation sites excluding steroid dienone is 1. The summed E-state index contributed by atoms with van der Waals surface area (Å²) >= 11 is 0. The molecule has 0 spiro atoms. The van der Waals surface area contributed by atoms with Gasteiger partial charge in [0, 0.05) is 0 Å². The third kappa shape index (κ3) is 3.08. The van der Waals surface area contributed by atoms with Crippen molar-refractivity contribution in [3.05, 3.63) is 12.7 Å². The van der Waals surface area contributed by atoms with Gasteiger partial charge in [0.2, 0.25) is 0 Å². The average molecular weight is 209 g/mol. The summed E-state index contributed by atoms with van der Waals surface area (Å²) in [7, 11) is 0. The van der Waals surface area contributed by atoms with E-state index in [0.717, 1.165) is 31.4 Å². The second-order valence-electron chi connectivity index (χ2n) is 5.67. The van der Waals surface area contributed by atoms with Crippen LogP contribution in [-0.2, 0) is 0 Å². The molecule has 2 heteroatoms. The molecule has 1 N–H and O–H groups in total. The molecule has 1 rings (SSSR count). The molecule has 0 heterocycles. The number of hydrogen-bond acceptors (Lipinski definition) is 2. The molecule has 2 atom stereocenters. The molecular weight excluding hydrogens is 186 g/mol. The number of oxime groups is 1. The highest BCUT2D eigenvalue weighted by molar-refractivity contribution is 5.84. The molecule has 0 aromatic carbocycles. The maximum atomic E-state index is 8.83. The summed E-state index contributed by atoms with van der Waals surface area (Å²) in [6, 6.07) is 0. The summed E-state index contributed by atoms with van der Waals surface area (Å²) in [6.45, 7) is 10.7. The Kier molecular flexibility index (Phi) is 3.95. The van der Waals surface area contributed by atoms with Crippen molar-refractivity contribution >= 4 is 5.71 Å². The topological polar surface area (TPSA) is 32.6 Å². The summed E-state index contributed by atoms with van der Waals surface area (Å²) in [6.07, 6.45) is 6.04. The van der Waals surface area contributed by atoms with E-state index in [1.54, 1.807) is 0 Å². The van der Waals surface area contributed by atoms with Gasteiger partial charge >= 0.3 is 0 Å². The van der Waals surface area contributed by atoms with E-state index in [4.69, 9.17) is 5.21 Å². The van der Waals surface area contributed by atoms with Gasteiger partial charge in [-0.05, 0) is 42.9 Å². The van der Waals surface area contributed by atoms with Gasteiger partial charge in [-0.2, -0.15) is 0 Å². The molecule has 0 amide bonds. The minimum absolute atomic E-state index is 0.342. The zero-order valence-electron chi connectivity index (χ0n) is 10.2. The molecule has 0 aromatic rings. The van der Waals surface area contributed by atoms with E-state index < -0.39 is 0 Å². The smallest absolute Gasteiger partial charge is 0.0573 e. The first-order valence-corrected chi connectivity index (χ1v) is 5.79. The van der Waals surface area contributed by atoms with Crippen LogP contribution in [-0.4, -0.2) is 10.9 Å². The molecule has 0 bridgehead atoms. The minimum atomic E-state index is 0.342. The van der Waals surface area contributed by atoms with E-state index >= 15 is 0 Å². The van der Waals surface area contributed by atoms with Crippen molar-refractivity contribution in [1.82, 2.24) is 0 Å². The van der Waals surface area contributed by atoms with Crippen molar-refractivity contribution in [2.75, 3.05) is 0 Å². The molecule has 2 unspecified atom stereocenters. The van der Waals surface area contributed by atoms with Gasteiger partial charge in [-0.25, -0.2) is 0 Å². The van der Waals surface area contributed by atoms with Crippen molar-refractivity contribution in [3.8, 4) is 0 Å². The summed E-state index contributed by atoms with van der Waals surface area (Å²) in [4.78, 5) is 0. The van der Waals surface area contributed by atoms with E-state index in [0.29, 0.717) is 17.3 Å². The van der Waals surface area contributed by atoms with Crippen LogP contribution in [0.1, 0.15) is 46.5 Å². The lowest BCUT2D eigenvalue weighted by Crippen LogP contribution is -2.33. The standard InChI is InChI=1S/C13H23NO/c1-5-6-10-9-11(14-15)7-8-12(10)13(2,3)4/h5,10,12,15H,1,6-9H2,2-4H3/b14-11+. The van der Waals surface area contributed by atoms with Crippen molar-refractivity contribution < 1.29 is 5.21 Å². The van der Waals surface area contributed by atoms with Gasteiger partial charge in [-0.15, -0.1) is 6.58 Å². The van der Waals surface area contributed by atoms with Gasteiger partial charge in [0.25, 0.3) is 0 Å². The first kappa shape index (κ1) is 12.3. The highest BCUT2D eigenvalue weighted by Gasteiger charge is 2.35. The summed E-state index contributed by atoms with van der Waals surface area (Å²) in [5.74, 6) is 1.31. The lowest BCUT2D eigenvalue weighted by atomic mass is 9.65. The zero-order chi connectivity index (χ0) is 11.5. The quantitative estimate of drug-likeness (QED) is 0.418. The Balaban J connectivity index is 2.76. The molecule has 15 heavy (non-hydrogen) atoms. The molecule has 2 nitrogen and oxygen atoms in total. The number of nitrogens with zero attached hydrogens (tertiary/aromatic N) is 1. The third-order valence-corrected chi connectivity index (χ3v) is 3.53. The lowest BCUT2D eigenvalue weighted by Gasteiger charge is -2.40. The SMILES string of the molecule is C=CCC1C/C(=N/O)CCC1C(C)(C)C. The van der Waals surface area contributed by atoms with Crippen LogP contribution in [0.2, 0.25) is 0 Å². The summed E-state index contributed by atoms with van der Waals surface area (Å²) in [5.41, 5.74) is 1.30. The molecule has 0 aliphatic heterocycles. The largest absolute Gasteiger partial charge is 0.411 e. The van der Waals surface area contributed by atoms with Crippen LogP contribution in [0.3, 0.4) is 0 Å². The predicted octanol–water partition coefficient (Wildman–Crippen LogP) is 3.86. The van der Waals surface area contributed by atoms with Crippen LogP contribution in [0.25, 0.3) is 0 Å². The fourth-order valence-electron chi connectivity index (χ4n) is 2.80. The van der Waals surface area contributed by atoms with Gasteiger partial charge in [-0.3, -0.25) is 0 Å². The van der Waals surface area contributed by atoms with Crippen molar-refractivity contribution in [2.24, 2.45) is 22.4 Å². The molecule has 86 valence electrons. The molecule has 1 fully saturated rings. The maximum Gasteiger partial charge on any atom is 0.0573 e. The fraction of sp³-hybridized carbons (Fsp3) is 0.769. The Hall–Kier alpha value is -0.790. The van der Waals surface area contributed by atoms with Crippen LogP contribution >= 0.6 is 0 Å². The van der Waals surface area contributed by atoms with Crippen LogP contribution in [0, 0.1) is 17.3 Å². The van der Waals surface area contributed by atoms with Crippen LogP contribution < -0.4 is 0 Å². The van der Waals surface area contributed by atoms with Gasteiger partial charge in [0.05, 0.1) is 5.71 Å². The van der Waals surface area contributed by atoms with Gasteiger partial charge in [0.1, 0.15) is 0 Å². The summed E-state index contributed by atoms with van der Waals surface area (Å²) in [5, 5.41) is 12.2. The van der Waals surface area contributed by atoms with E-state index in [9.17, 15) is 0 Å². The third-order valence-electron chi connectivity index (χ3n) is 3.53. The van der Waals surface area contributed by atoms with Crippen LogP contribution in [0.15, 0.2) is 17.8 Å². The molecule has 0 radical (unpaired) electrons. The van der Waals surface area contributed by atoms with Gasteiger partial charge in [-0.1, -0.05) is 32.0 Å². The fourth-order valence-corrected chi connectivity index (χ4v) is 2.80. The molecule has 0 saturated heterocycles. The maximum absolute atomic E-state index is 8.83. The van der Waals surface area contributed by atoms with E-state index in [2.05, 4.69) is 32.5 Å². The number of hydrogen-bond donors (Lipinski definition) is 1. The Bertz CT molecular complexity index is 250. The predicted molar refractivity (Wildman–Crippen MR) is 64.3 cm³/mol. The highest BCUT2D eigenvalue weighted by atomic mass is 16.4. The molecule has 1 aliphatic rings. The first-order chi connectivity index (χ1) is 6.99. The Morgan fingerprint density at radius 3 is 2.67 bits per heavy atom. The van der Waals surface area contributed by atoms with Crippen molar-refractivity contribution in [2.45, 2.75) is 46.5 Å². The van der Waals surface area contributed by atoms with Gasteiger partial charge in [0.15, 0.2) is 0 Å². The number of rotatable bonds is 2. The minimum Gasteiger partial charge on any atom is -0.411 e. The monoisotopic (exact) mass is 209 g/mol. The molecule has 1 aliphatic carbocycles. The second kappa shape index (κ2) is 4.82. The van der Waals surface area contributed by atoms with Gasteiger partial charge < -0.3 is 5.21 Å². The van der Waals surface area contributed by atoms with Crippen LogP contribution in [0.4, 0.5) is 0 Å². The normalized spacial score (nSPS) is 30.5. The second-order valence-corrected chi connectivity index (χ2v) is 5.67. The molecule has 0 aromatic heterocycles. The Labute approximate surface area is 93.1 Å². The average Bonchev–Trinajstić information content (AvgIpc) is 2.16. The Morgan fingerprint density at radius 2 is 2.20 bits per heavy atom.